The van der Waals surface area contributed by atoms with Crippen molar-refractivity contribution >= 4 is 29.3 Å². The van der Waals surface area contributed by atoms with Gasteiger partial charge >= 0.3 is 5.97 Å². The number of carbonyl (C=O) groups is 1. The van der Waals surface area contributed by atoms with Crippen LogP contribution in [0.25, 0.3) is 0 Å². The summed E-state index contributed by atoms with van der Waals surface area (Å²) in [6.45, 7) is 2.24. The highest BCUT2D eigenvalue weighted by Gasteiger charge is 2.03. The predicted octanol–water partition coefficient (Wildman–Crippen LogP) is 3.12. The summed E-state index contributed by atoms with van der Waals surface area (Å²) >= 11 is 7.24. The molecule has 1 aromatic heterocycles. The Bertz CT molecular complexity index is 311. The Morgan fingerprint density at radius 3 is 3.00 bits per heavy atom. The van der Waals surface area contributed by atoms with Gasteiger partial charge in [-0.15, -0.1) is 0 Å². The molecule has 5 heteroatoms. The molecule has 0 aliphatic heterocycles. The molecule has 0 aromatic carbocycles. The molecular weight excluding hydrogens is 236 g/mol. The molecule has 0 unspecified atom stereocenters. The molecule has 0 atom stereocenters. The zero-order valence-electron chi connectivity index (χ0n) is 8.49. The first-order valence-corrected chi connectivity index (χ1v) is 6.23. The van der Waals surface area contributed by atoms with Gasteiger partial charge in [-0.2, -0.15) is 11.8 Å². The van der Waals surface area contributed by atoms with Gasteiger partial charge in [-0.3, -0.25) is 4.79 Å². The third-order valence-corrected chi connectivity index (χ3v) is 2.81. The topological polar surface area (TPSA) is 39.4 Å². The summed E-state index contributed by atoms with van der Waals surface area (Å²) in [4.78, 5) is 11.0. The van der Waals surface area contributed by atoms with Crippen LogP contribution >= 0.6 is 23.4 Å². The number of hydrogen-bond acceptors (Lipinski definition) is 4. The quantitative estimate of drug-likeness (QED) is 0.573. The van der Waals surface area contributed by atoms with E-state index in [0.717, 1.165) is 17.3 Å². The fourth-order valence-electron chi connectivity index (χ4n) is 0.991. The van der Waals surface area contributed by atoms with Gasteiger partial charge in [0, 0.05) is 5.75 Å². The summed E-state index contributed by atoms with van der Waals surface area (Å²) in [5.41, 5.74) is 0. The highest BCUT2D eigenvalue weighted by molar-refractivity contribution is 7.98. The van der Waals surface area contributed by atoms with Gasteiger partial charge in [0.1, 0.15) is 5.76 Å². The van der Waals surface area contributed by atoms with E-state index in [0.29, 0.717) is 18.2 Å². The van der Waals surface area contributed by atoms with Gasteiger partial charge in [-0.1, -0.05) is 0 Å². The van der Waals surface area contributed by atoms with E-state index in [1.165, 1.54) is 0 Å². The molecule has 1 aromatic rings. The van der Waals surface area contributed by atoms with Gasteiger partial charge in [0.05, 0.1) is 18.8 Å². The lowest BCUT2D eigenvalue weighted by molar-refractivity contribution is -0.142. The maximum atomic E-state index is 11.0. The van der Waals surface area contributed by atoms with Gasteiger partial charge in [0.2, 0.25) is 0 Å². The minimum atomic E-state index is -0.150. The zero-order valence-corrected chi connectivity index (χ0v) is 10.1. The molecule has 1 heterocycles. The van der Waals surface area contributed by atoms with E-state index in [1.807, 2.05) is 6.07 Å². The molecule has 0 bridgehead atoms. The molecule has 0 aliphatic rings. The normalized spacial score (nSPS) is 10.3. The Labute approximate surface area is 98.1 Å². The Kier molecular flexibility index (Phi) is 5.65. The Balaban J connectivity index is 2.09. The van der Waals surface area contributed by atoms with E-state index in [-0.39, 0.29) is 5.97 Å². The third-order valence-electron chi connectivity index (χ3n) is 1.63. The largest absolute Gasteiger partial charge is 0.466 e. The zero-order chi connectivity index (χ0) is 11.1. The van der Waals surface area contributed by atoms with E-state index in [9.17, 15) is 4.79 Å². The van der Waals surface area contributed by atoms with Gasteiger partial charge in [0.15, 0.2) is 5.22 Å². The number of esters is 1. The van der Waals surface area contributed by atoms with Crippen LogP contribution in [0.2, 0.25) is 5.22 Å². The molecule has 0 fully saturated rings. The average molecular weight is 249 g/mol. The lowest BCUT2D eigenvalue weighted by atomic mass is 10.5. The summed E-state index contributed by atoms with van der Waals surface area (Å²) in [5, 5.41) is 0.399. The fraction of sp³-hybridized carbons (Fsp3) is 0.500. The van der Waals surface area contributed by atoms with E-state index < -0.39 is 0 Å². The number of halogens is 1. The van der Waals surface area contributed by atoms with Gasteiger partial charge < -0.3 is 9.15 Å². The second kappa shape index (κ2) is 6.80. The second-order valence-corrected chi connectivity index (χ2v) is 4.29. The first kappa shape index (κ1) is 12.5. The van der Waals surface area contributed by atoms with Crippen LogP contribution in [0.4, 0.5) is 0 Å². The minimum Gasteiger partial charge on any atom is -0.466 e. The molecule has 3 nitrogen and oxygen atoms in total. The molecule has 0 amide bonds. The first-order valence-electron chi connectivity index (χ1n) is 4.70. The van der Waals surface area contributed by atoms with E-state index in [2.05, 4.69) is 0 Å². The summed E-state index contributed by atoms with van der Waals surface area (Å²) in [6.07, 6.45) is 0.437. The maximum absolute atomic E-state index is 11.0. The third kappa shape index (κ3) is 5.14. The van der Waals surface area contributed by atoms with Crippen LogP contribution < -0.4 is 0 Å². The molecule has 1 rings (SSSR count). The number of carbonyl (C=O) groups excluding carboxylic acids is 1. The summed E-state index contributed by atoms with van der Waals surface area (Å²) in [6, 6.07) is 3.54. The SMILES string of the molecule is CCOC(=O)CCSCc1ccc(Cl)o1. The van der Waals surface area contributed by atoms with Crippen LogP contribution in [0.15, 0.2) is 16.5 Å². The molecular formula is C10H13ClO3S. The number of thioether (sulfide) groups is 1. The van der Waals surface area contributed by atoms with Gasteiger partial charge in [-0.25, -0.2) is 0 Å². The van der Waals surface area contributed by atoms with Gasteiger partial charge in [0.25, 0.3) is 0 Å². The van der Waals surface area contributed by atoms with Crippen molar-refractivity contribution in [2.75, 3.05) is 12.4 Å². The first-order chi connectivity index (χ1) is 7.22. The van der Waals surface area contributed by atoms with Crippen LogP contribution in [-0.2, 0) is 15.3 Å². The Morgan fingerprint density at radius 2 is 2.40 bits per heavy atom. The highest BCUT2D eigenvalue weighted by Crippen LogP contribution is 2.18. The van der Waals surface area contributed by atoms with Crippen LogP contribution in [0, 0.1) is 0 Å². The lowest BCUT2D eigenvalue weighted by Gasteiger charge is -2.00. The second-order valence-electron chi connectivity index (χ2n) is 2.81. The summed E-state index contributed by atoms with van der Waals surface area (Å²) in [7, 11) is 0. The maximum Gasteiger partial charge on any atom is 0.306 e. The number of hydrogen-bond donors (Lipinski definition) is 0. The van der Waals surface area contributed by atoms with Gasteiger partial charge in [-0.05, 0) is 30.7 Å². The molecule has 0 N–H and O–H groups in total. The molecule has 0 radical (unpaired) electrons. The summed E-state index contributed by atoms with van der Waals surface area (Å²) < 4.78 is 9.97. The van der Waals surface area contributed by atoms with Crippen LogP contribution in [0.1, 0.15) is 19.1 Å². The van der Waals surface area contributed by atoms with Crippen molar-refractivity contribution in [3.8, 4) is 0 Å². The number of rotatable bonds is 6. The summed E-state index contributed by atoms with van der Waals surface area (Å²) in [5.74, 6) is 2.14. The predicted molar refractivity (Wildman–Crippen MR) is 61.1 cm³/mol. The van der Waals surface area contributed by atoms with Crippen molar-refractivity contribution in [1.82, 2.24) is 0 Å². The molecule has 0 spiro atoms. The lowest BCUT2D eigenvalue weighted by Crippen LogP contribution is -2.04. The molecule has 0 saturated heterocycles. The number of ether oxygens (including phenoxy) is 1. The van der Waals surface area contributed by atoms with E-state index in [1.54, 1.807) is 24.8 Å². The van der Waals surface area contributed by atoms with Crippen molar-refractivity contribution in [1.29, 1.82) is 0 Å². The molecule has 0 saturated carbocycles. The van der Waals surface area contributed by atoms with Crippen molar-refractivity contribution < 1.29 is 13.9 Å². The number of furan rings is 1. The monoisotopic (exact) mass is 248 g/mol. The molecule has 15 heavy (non-hydrogen) atoms. The molecule has 0 aliphatic carbocycles. The van der Waals surface area contributed by atoms with Crippen molar-refractivity contribution in [3.63, 3.8) is 0 Å². The van der Waals surface area contributed by atoms with Crippen molar-refractivity contribution in [2.45, 2.75) is 19.1 Å². The van der Waals surface area contributed by atoms with Crippen LogP contribution in [0.3, 0.4) is 0 Å². The van der Waals surface area contributed by atoms with Crippen LogP contribution in [0.5, 0.6) is 0 Å². The Hall–Kier alpha value is -0.610. The van der Waals surface area contributed by atoms with Crippen molar-refractivity contribution in [2.24, 2.45) is 0 Å². The van der Waals surface area contributed by atoms with E-state index in [4.69, 9.17) is 20.8 Å². The minimum absolute atomic E-state index is 0.150. The standard InChI is InChI=1S/C10H13ClO3S/c1-2-13-10(12)5-6-15-7-8-3-4-9(11)14-8/h3-4H,2,5-7H2,1H3. The van der Waals surface area contributed by atoms with Crippen molar-refractivity contribution in [3.05, 3.63) is 23.1 Å². The fourth-order valence-corrected chi connectivity index (χ4v) is 1.96. The molecule has 84 valence electrons. The highest BCUT2D eigenvalue weighted by atomic mass is 35.5. The van der Waals surface area contributed by atoms with Crippen LogP contribution in [-0.4, -0.2) is 18.3 Å². The van der Waals surface area contributed by atoms with E-state index >= 15 is 0 Å². The average Bonchev–Trinajstić information content (AvgIpc) is 2.60. The Morgan fingerprint density at radius 1 is 1.60 bits per heavy atom. The smallest absolute Gasteiger partial charge is 0.306 e.